The minimum atomic E-state index is -0.317. The van der Waals surface area contributed by atoms with Crippen LogP contribution in [0.2, 0.25) is 0 Å². The monoisotopic (exact) mass is 300 g/mol. The van der Waals surface area contributed by atoms with E-state index in [1.54, 1.807) is 6.07 Å². The summed E-state index contributed by atoms with van der Waals surface area (Å²) in [5, 5.41) is 12.2. The van der Waals surface area contributed by atoms with Crippen LogP contribution < -0.4 is 4.90 Å². The summed E-state index contributed by atoms with van der Waals surface area (Å²) in [7, 11) is 0. The summed E-state index contributed by atoms with van der Waals surface area (Å²) in [6.45, 7) is 6.00. The molecule has 1 saturated heterocycles. The molecule has 0 radical (unpaired) electrons. The van der Waals surface area contributed by atoms with Gasteiger partial charge in [0.15, 0.2) is 0 Å². The topological polar surface area (TPSA) is 46.4 Å². The van der Waals surface area contributed by atoms with Gasteiger partial charge in [0.25, 0.3) is 5.69 Å². The Morgan fingerprint density at radius 3 is 2.58 bits per heavy atom. The number of halogens is 1. The molecule has 1 aliphatic heterocycles. The van der Waals surface area contributed by atoms with Gasteiger partial charge in [-0.25, -0.2) is 0 Å². The Bertz CT molecular complexity index is 474. The van der Waals surface area contributed by atoms with Crippen LogP contribution in [0, 0.1) is 10.1 Å². The molecule has 0 spiro atoms. The van der Waals surface area contributed by atoms with Gasteiger partial charge in [-0.3, -0.25) is 10.1 Å². The molecule has 0 N–H and O–H groups in total. The first kappa shape index (κ1) is 14.5. The third-order valence-electron chi connectivity index (χ3n) is 3.15. The third kappa shape index (κ3) is 3.34. The third-order valence-corrected chi connectivity index (χ3v) is 4.69. The van der Waals surface area contributed by atoms with E-state index in [-0.39, 0.29) is 10.6 Å². The Morgan fingerprint density at radius 2 is 2.05 bits per heavy atom. The van der Waals surface area contributed by atoms with Crippen molar-refractivity contribution >= 4 is 34.7 Å². The summed E-state index contributed by atoms with van der Waals surface area (Å²) in [6.07, 6.45) is 0. The van der Waals surface area contributed by atoms with E-state index in [0.717, 1.165) is 18.7 Å². The highest BCUT2D eigenvalue weighted by atomic mass is 35.5. The molecule has 19 heavy (non-hydrogen) atoms. The molecular formula is C13H17ClN2O2S. The Labute approximate surface area is 122 Å². The Balaban J connectivity index is 2.35. The van der Waals surface area contributed by atoms with Gasteiger partial charge in [0.05, 0.1) is 4.92 Å². The van der Waals surface area contributed by atoms with Gasteiger partial charge >= 0.3 is 0 Å². The lowest BCUT2D eigenvalue weighted by molar-refractivity contribution is -0.384. The molecule has 0 bridgehead atoms. The van der Waals surface area contributed by atoms with Crippen LogP contribution in [0.15, 0.2) is 18.2 Å². The van der Waals surface area contributed by atoms with Gasteiger partial charge in [0, 0.05) is 35.5 Å². The number of thioether (sulfide) groups is 1. The second-order valence-corrected chi connectivity index (χ2v) is 7.03. The van der Waals surface area contributed by atoms with E-state index in [4.69, 9.17) is 11.6 Å². The molecule has 6 heteroatoms. The van der Waals surface area contributed by atoms with Crippen LogP contribution in [-0.2, 0) is 5.88 Å². The van der Waals surface area contributed by atoms with Crippen LogP contribution in [0.25, 0.3) is 0 Å². The maximum Gasteiger partial charge on any atom is 0.292 e. The highest BCUT2D eigenvalue weighted by molar-refractivity contribution is 8.00. The van der Waals surface area contributed by atoms with E-state index in [0.29, 0.717) is 22.1 Å². The molecule has 1 aromatic rings. The van der Waals surface area contributed by atoms with Crippen LogP contribution >= 0.6 is 23.4 Å². The van der Waals surface area contributed by atoms with E-state index in [1.807, 2.05) is 23.9 Å². The SMILES string of the molecule is CC1CN(c2ccc(CCl)cc2[N+](=O)[O-])CC(C)S1. The quantitative estimate of drug-likeness (QED) is 0.485. The number of anilines is 1. The molecule has 0 aliphatic carbocycles. The number of alkyl halides is 1. The fourth-order valence-corrected chi connectivity index (χ4v) is 3.93. The van der Waals surface area contributed by atoms with Crippen molar-refractivity contribution in [3.8, 4) is 0 Å². The standard InChI is InChI=1S/C13H17ClN2O2S/c1-9-7-15(8-10(2)19-9)12-4-3-11(6-14)5-13(12)16(17)18/h3-5,9-10H,6-8H2,1-2H3. The van der Waals surface area contributed by atoms with Crippen molar-refractivity contribution in [3.05, 3.63) is 33.9 Å². The normalized spacial score (nSPS) is 23.4. The second-order valence-electron chi connectivity index (χ2n) is 4.88. The molecule has 1 aliphatic rings. The Kier molecular flexibility index (Phi) is 4.58. The van der Waals surface area contributed by atoms with Crippen molar-refractivity contribution in [1.29, 1.82) is 0 Å². The van der Waals surface area contributed by atoms with Crippen molar-refractivity contribution in [2.75, 3.05) is 18.0 Å². The average Bonchev–Trinajstić information content (AvgIpc) is 2.36. The number of benzene rings is 1. The zero-order valence-electron chi connectivity index (χ0n) is 11.0. The number of hydrogen-bond donors (Lipinski definition) is 0. The summed E-state index contributed by atoms with van der Waals surface area (Å²) in [5.74, 6) is 0.295. The molecule has 0 saturated carbocycles. The smallest absolute Gasteiger partial charge is 0.292 e. The highest BCUT2D eigenvalue weighted by Gasteiger charge is 2.27. The van der Waals surface area contributed by atoms with Crippen LogP contribution in [-0.4, -0.2) is 28.5 Å². The Hall–Kier alpha value is -0.940. The predicted molar refractivity (Wildman–Crippen MR) is 81.4 cm³/mol. The maximum absolute atomic E-state index is 11.2. The van der Waals surface area contributed by atoms with Gasteiger partial charge in [0.1, 0.15) is 5.69 Å². The van der Waals surface area contributed by atoms with Crippen LogP contribution in [0.1, 0.15) is 19.4 Å². The first-order chi connectivity index (χ1) is 9.01. The van der Waals surface area contributed by atoms with E-state index < -0.39 is 0 Å². The van der Waals surface area contributed by atoms with Gasteiger partial charge in [-0.2, -0.15) is 11.8 Å². The molecule has 104 valence electrons. The average molecular weight is 301 g/mol. The number of rotatable bonds is 3. The number of nitrogens with zero attached hydrogens (tertiary/aromatic N) is 2. The van der Waals surface area contributed by atoms with Crippen LogP contribution in [0.3, 0.4) is 0 Å². The molecule has 2 atom stereocenters. The summed E-state index contributed by atoms with van der Waals surface area (Å²) in [6, 6.07) is 5.27. The van der Waals surface area contributed by atoms with Gasteiger partial charge in [0.2, 0.25) is 0 Å². The summed E-state index contributed by atoms with van der Waals surface area (Å²) >= 11 is 7.68. The van der Waals surface area contributed by atoms with Crippen LogP contribution in [0.5, 0.6) is 0 Å². The molecule has 1 heterocycles. The molecule has 1 fully saturated rings. The van der Waals surface area contributed by atoms with E-state index >= 15 is 0 Å². The van der Waals surface area contributed by atoms with E-state index in [1.165, 1.54) is 0 Å². The van der Waals surface area contributed by atoms with Crippen molar-refractivity contribution in [1.82, 2.24) is 0 Å². The van der Waals surface area contributed by atoms with Crippen molar-refractivity contribution < 1.29 is 4.92 Å². The van der Waals surface area contributed by atoms with Crippen molar-refractivity contribution in [3.63, 3.8) is 0 Å². The molecular weight excluding hydrogens is 284 g/mol. The minimum absolute atomic E-state index is 0.157. The Morgan fingerprint density at radius 1 is 1.42 bits per heavy atom. The second kappa shape index (κ2) is 6.01. The van der Waals surface area contributed by atoms with Crippen molar-refractivity contribution in [2.45, 2.75) is 30.2 Å². The highest BCUT2D eigenvalue weighted by Crippen LogP contribution is 2.34. The fourth-order valence-electron chi connectivity index (χ4n) is 2.44. The summed E-state index contributed by atoms with van der Waals surface area (Å²) in [4.78, 5) is 13.0. The van der Waals surface area contributed by atoms with Gasteiger partial charge < -0.3 is 4.90 Å². The van der Waals surface area contributed by atoms with Gasteiger partial charge in [-0.05, 0) is 11.6 Å². The zero-order chi connectivity index (χ0) is 14.0. The lowest BCUT2D eigenvalue weighted by Crippen LogP contribution is -2.40. The molecule has 1 aromatic carbocycles. The van der Waals surface area contributed by atoms with Crippen molar-refractivity contribution in [2.24, 2.45) is 0 Å². The number of nitro groups is 1. The number of nitro benzene ring substituents is 1. The minimum Gasteiger partial charge on any atom is -0.364 e. The molecule has 2 rings (SSSR count). The first-order valence-electron chi connectivity index (χ1n) is 6.25. The molecule has 2 unspecified atom stereocenters. The molecule has 0 amide bonds. The number of hydrogen-bond acceptors (Lipinski definition) is 4. The lowest BCUT2D eigenvalue weighted by Gasteiger charge is -2.35. The largest absolute Gasteiger partial charge is 0.364 e. The van der Waals surface area contributed by atoms with Gasteiger partial charge in [-0.15, -0.1) is 11.6 Å². The first-order valence-corrected chi connectivity index (χ1v) is 7.72. The molecule has 4 nitrogen and oxygen atoms in total. The predicted octanol–water partition coefficient (Wildman–Crippen LogP) is 3.66. The van der Waals surface area contributed by atoms with E-state index in [2.05, 4.69) is 18.7 Å². The molecule has 0 aromatic heterocycles. The fraction of sp³-hybridized carbons (Fsp3) is 0.538. The van der Waals surface area contributed by atoms with Crippen LogP contribution in [0.4, 0.5) is 11.4 Å². The maximum atomic E-state index is 11.2. The van der Waals surface area contributed by atoms with E-state index in [9.17, 15) is 10.1 Å². The zero-order valence-corrected chi connectivity index (χ0v) is 12.6. The summed E-state index contributed by atoms with van der Waals surface area (Å²) in [5.41, 5.74) is 1.65. The van der Waals surface area contributed by atoms with Gasteiger partial charge in [-0.1, -0.05) is 19.9 Å². The lowest BCUT2D eigenvalue weighted by atomic mass is 10.1. The summed E-state index contributed by atoms with van der Waals surface area (Å²) < 4.78 is 0.